The molecule has 2 aliphatic rings. The molecule has 92 valence electrons. The highest BCUT2D eigenvalue weighted by Crippen LogP contribution is 2.32. The van der Waals surface area contributed by atoms with E-state index in [1.807, 2.05) is 6.20 Å². The largest absolute Gasteiger partial charge is 0.490 e. The smallest absolute Gasteiger partial charge is 0.171 e. The van der Waals surface area contributed by atoms with Gasteiger partial charge in [0.2, 0.25) is 0 Å². The Labute approximate surface area is 102 Å². The SMILES string of the molecule is Cc1cnc2c(c1)OCC[C@H]1CN(C)CCN21. The standard InChI is InChI=1S/C13H19N3O/c1-10-7-12-13(14-8-10)16-5-4-15(2)9-11(16)3-6-17-12/h7-8,11H,3-6,9H2,1-2H3/t11-/m0/s1. The third-order valence-corrected chi connectivity index (χ3v) is 3.64. The van der Waals surface area contributed by atoms with Gasteiger partial charge >= 0.3 is 0 Å². The molecule has 0 aliphatic carbocycles. The molecule has 0 N–H and O–H groups in total. The van der Waals surface area contributed by atoms with E-state index in [1.54, 1.807) is 0 Å². The number of aryl methyl sites for hydroxylation is 1. The predicted molar refractivity (Wildman–Crippen MR) is 67.7 cm³/mol. The van der Waals surface area contributed by atoms with Crippen molar-refractivity contribution in [3.8, 4) is 5.75 Å². The summed E-state index contributed by atoms with van der Waals surface area (Å²) in [6.07, 6.45) is 3.02. The molecule has 1 saturated heterocycles. The number of piperazine rings is 1. The molecule has 2 aliphatic heterocycles. The first kappa shape index (κ1) is 10.8. The van der Waals surface area contributed by atoms with Gasteiger partial charge in [-0.3, -0.25) is 0 Å². The molecule has 4 heteroatoms. The number of hydrogen-bond acceptors (Lipinski definition) is 4. The zero-order valence-electron chi connectivity index (χ0n) is 10.5. The third kappa shape index (κ3) is 1.97. The van der Waals surface area contributed by atoms with E-state index < -0.39 is 0 Å². The molecule has 17 heavy (non-hydrogen) atoms. The zero-order chi connectivity index (χ0) is 11.8. The van der Waals surface area contributed by atoms with Crippen molar-refractivity contribution in [3.63, 3.8) is 0 Å². The maximum Gasteiger partial charge on any atom is 0.171 e. The molecule has 0 bridgehead atoms. The number of nitrogens with zero attached hydrogens (tertiary/aromatic N) is 3. The number of aromatic nitrogens is 1. The molecule has 0 unspecified atom stereocenters. The number of likely N-dealkylation sites (N-methyl/N-ethyl adjacent to an activating group) is 1. The molecular formula is C13H19N3O. The number of fused-ring (bicyclic) bond motifs is 3. The van der Waals surface area contributed by atoms with Gasteiger partial charge in [0, 0.05) is 38.3 Å². The highest BCUT2D eigenvalue weighted by atomic mass is 16.5. The molecule has 4 nitrogen and oxygen atoms in total. The molecule has 1 aromatic heterocycles. The van der Waals surface area contributed by atoms with Crippen LogP contribution >= 0.6 is 0 Å². The summed E-state index contributed by atoms with van der Waals surface area (Å²) in [6.45, 7) is 6.12. The van der Waals surface area contributed by atoms with E-state index >= 15 is 0 Å². The first-order chi connectivity index (χ1) is 8.24. The number of pyridine rings is 1. The number of rotatable bonds is 0. The Bertz CT molecular complexity index is 421. The van der Waals surface area contributed by atoms with Crippen LogP contribution in [0.2, 0.25) is 0 Å². The maximum absolute atomic E-state index is 5.83. The van der Waals surface area contributed by atoms with Crippen molar-refractivity contribution in [2.75, 3.05) is 38.2 Å². The molecule has 0 spiro atoms. The van der Waals surface area contributed by atoms with Crippen molar-refractivity contribution in [2.24, 2.45) is 0 Å². The number of hydrogen-bond donors (Lipinski definition) is 0. The van der Waals surface area contributed by atoms with Gasteiger partial charge in [-0.25, -0.2) is 4.98 Å². The van der Waals surface area contributed by atoms with Gasteiger partial charge in [-0.2, -0.15) is 0 Å². The van der Waals surface area contributed by atoms with E-state index in [4.69, 9.17) is 4.74 Å². The molecule has 1 atom stereocenters. The lowest BCUT2D eigenvalue weighted by Gasteiger charge is -2.39. The zero-order valence-corrected chi connectivity index (χ0v) is 10.5. The first-order valence-corrected chi connectivity index (χ1v) is 6.28. The minimum atomic E-state index is 0.546. The van der Waals surface area contributed by atoms with Crippen LogP contribution in [0.1, 0.15) is 12.0 Å². The van der Waals surface area contributed by atoms with Crippen molar-refractivity contribution in [1.82, 2.24) is 9.88 Å². The average Bonchev–Trinajstić information content (AvgIpc) is 2.47. The Morgan fingerprint density at radius 2 is 2.29 bits per heavy atom. The van der Waals surface area contributed by atoms with Crippen molar-refractivity contribution < 1.29 is 4.74 Å². The Hall–Kier alpha value is -1.29. The molecular weight excluding hydrogens is 214 g/mol. The second-order valence-electron chi connectivity index (χ2n) is 5.08. The molecule has 0 radical (unpaired) electrons. The summed E-state index contributed by atoms with van der Waals surface area (Å²) in [5, 5.41) is 0. The molecule has 3 heterocycles. The maximum atomic E-state index is 5.83. The third-order valence-electron chi connectivity index (χ3n) is 3.64. The molecule has 1 aromatic rings. The van der Waals surface area contributed by atoms with Gasteiger partial charge in [-0.15, -0.1) is 0 Å². The second kappa shape index (κ2) is 4.18. The van der Waals surface area contributed by atoms with Crippen LogP contribution in [-0.4, -0.2) is 49.2 Å². The van der Waals surface area contributed by atoms with Crippen LogP contribution in [0.15, 0.2) is 12.3 Å². The van der Waals surface area contributed by atoms with E-state index in [9.17, 15) is 0 Å². The van der Waals surface area contributed by atoms with Crippen LogP contribution < -0.4 is 9.64 Å². The number of anilines is 1. The van der Waals surface area contributed by atoms with Crippen molar-refractivity contribution >= 4 is 5.82 Å². The van der Waals surface area contributed by atoms with Gasteiger partial charge in [0.05, 0.1) is 6.61 Å². The van der Waals surface area contributed by atoms with Crippen LogP contribution in [0.4, 0.5) is 5.82 Å². The predicted octanol–water partition coefficient (Wildman–Crippen LogP) is 1.29. The average molecular weight is 233 g/mol. The lowest BCUT2D eigenvalue weighted by molar-refractivity contribution is 0.242. The van der Waals surface area contributed by atoms with Gasteiger partial charge in [-0.05, 0) is 25.6 Å². The van der Waals surface area contributed by atoms with Crippen LogP contribution in [0.3, 0.4) is 0 Å². The van der Waals surface area contributed by atoms with Gasteiger partial charge < -0.3 is 14.5 Å². The van der Waals surface area contributed by atoms with Gasteiger partial charge in [-0.1, -0.05) is 0 Å². The Morgan fingerprint density at radius 1 is 1.41 bits per heavy atom. The Balaban J connectivity index is 1.96. The fraction of sp³-hybridized carbons (Fsp3) is 0.615. The highest BCUT2D eigenvalue weighted by Gasteiger charge is 2.30. The van der Waals surface area contributed by atoms with Crippen molar-refractivity contribution in [1.29, 1.82) is 0 Å². The van der Waals surface area contributed by atoms with Crippen LogP contribution in [0.25, 0.3) is 0 Å². The summed E-state index contributed by atoms with van der Waals surface area (Å²) in [5.41, 5.74) is 1.16. The molecule has 0 saturated carbocycles. The highest BCUT2D eigenvalue weighted by molar-refractivity contribution is 5.55. The Kier molecular flexibility index (Phi) is 2.67. The van der Waals surface area contributed by atoms with E-state index in [2.05, 4.69) is 34.8 Å². The minimum absolute atomic E-state index is 0.546. The minimum Gasteiger partial charge on any atom is -0.490 e. The topological polar surface area (TPSA) is 28.6 Å². The first-order valence-electron chi connectivity index (χ1n) is 6.28. The molecule has 3 rings (SSSR count). The normalized spacial score (nSPS) is 24.6. The molecule has 0 amide bonds. The van der Waals surface area contributed by atoms with E-state index in [0.29, 0.717) is 6.04 Å². The van der Waals surface area contributed by atoms with E-state index in [-0.39, 0.29) is 0 Å². The van der Waals surface area contributed by atoms with E-state index in [1.165, 1.54) is 0 Å². The fourth-order valence-electron chi connectivity index (χ4n) is 2.70. The fourth-order valence-corrected chi connectivity index (χ4v) is 2.70. The summed E-state index contributed by atoms with van der Waals surface area (Å²) in [7, 11) is 2.19. The molecule has 0 aromatic carbocycles. The van der Waals surface area contributed by atoms with Crippen LogP contribution in [0, 0.1) is 6.92 Å². The van der Waals surface area contributed by atoms with Crippen molar-refractivity contribution in [2.45, 2.75) is 19.4 Å². The number of ether oxygens (including phenoxy) is 1. The quantitative estimate of drug-likeness (QED) is 0.675. The second-order valence-corrected chi connectivity index (χ2v) is 5.08. The summed E-state index contributed by atoms with van der Waals surface area (Å²) < 4.78 is 5.83. The summed E-state index contributed by atoms with van der Waals surface area (Å²) in [4.78, 5) is 9.38. The van der Waals surface area contributed by atoms with Crippen molar-refractivity contribution in [3.05, 3.63) is 17.8 Å². The van der Waals surface area contributed by atoms with Crippen LogP contribution in [0.5, 0.6) is 5.75 Å². The lowest BCUT2D eigenvalue weighted by atomic mass is 10.1. The monoisotopic (exact) mass is 233 g/mol. The molecule has 1 fully saturated rings. The summed E-state index contributed by atoms with van der Waals surface area (Å²) in [6, 6.07) is 2.65. The van der Waals surface area contributed by atoms with Crippen LogP contribution in [-0.2, 0) is 0 Å². The van der Waals surface area contributed by atoms with Gasteiger partial charge in [0.25, 0.3) is 0 Å². The summed E-state index contributed by atoms with van der Waals surface area (Å²) in [5.74, 6) is 1.99. The lowest BCUT2D eigenvalue weighted by Crippen LogP contribution is -2.52. The van der Waals surface area contributed by atoms with Gasteiger partial charge in [0.15, 0.2) is 11.6 Å². The van der Waals surface area contributed by atoms with E-state index in [0.717, 1.165) is 49.8 Å². The van der Waals surface area contributed by atoms with Gasteiger partial charge in [0.1, 0.15) is 0 Å². The summed E-state index contributed by atoms with van der Waals surface area (Å²) >= 11 is 0. The Morgan fingerprint density at radius 3 is 3.18 bits per heavy atom.